The Bertz CT molecular complexity index is 472. The van der Waals surface area contributed by atoms with E-state index in [2.05, 4.69) is 4.98 Å². The van der Waals surface area contributed by atoms with E-state index in [4.69, 9.17) is 4.74 Å². The highest BCUT2D eigenvalue weighted by Gasteiger charge is 2.47. The zero-order valence-electron chi connectivity index (χ0n) is 12.8. The van der Waals surface area contributed by atoms with Crippen LogP contribution >= 0.6 is 0 Å². The number of esters is 1. The molecule has 0 amide bonds. The van der Waals surface area contributed by atoms with E-state index in [1.54, 1.807) is 19.2 Å². The molecule has 0 radical (unpaired) electrons. The van der Waals surface area contributed by atoms with E-state index in [1.165, 1.54) is 0 Å². The smallest absolute Gasteiger partial charge is 0.323 e. The van der Waals surface area contributed by atoms with Gasteiger partial charge in [0.15, 0.2) is 5.41 Å². The van der Waals surface area contributed by atoms with Gasteiger partial charge in [-0.1, -0.05) is 19.9 Å². The van der Waals surface area contributed by atoms with Crippen LogP contribution in [0.1, 0.15) is 39.3 Å². The van der Waals surface area contributed by atoms with E-state index in [9.17, 15) is 14.7 Å². The van der Waals surface area contributed by atoms with E-state index in [-0.39, 0.29) is 25.4 Å². The summed E-state index contributed by atoms with van der Waals surface area (Å²) in [4.78, 5) is 28.2. The van der Waals surface area contributed by atoms with Crippen molar-refractivity contribution in [1.29, 1.82) is 0 Å². The minimum atomic E-state index is -1.50. The first-order valence-electron chi connectivity index (χ1n) is 7.23. The van der Waals surface area contributed by atoms with Crippen molar-refractivity contribution in [2.75, 3.05) is 6.61 Å². The van der Waals surface area contributed by atoms with Crippen molar-refractivity contribution in [3.05, 3.63) is 30.1 Å². The van der Waals surface area contributed by atoms with Crippen LogP contribution in [0.15, 0.2) is 24.4 Å². The number of pyridine rings is 1. The number of nitrogens with zero attached hydrogens (tertiary/aromatic N) is 1. The number of aryl methyl sites for hydroxylation is 1. The van der Waals surface area contributed by atoms with Crippen LogP contribution in [-0.4, -0.2) is 28.6 Å². The van der Waals surface area contributed by atoms with Gasteiger partial charge < -0.3 is 9.84 Å². The van der Waals surface area contributed by atoms with Crippen molar-refractivity contribution in [1.82, 2.24) is 4.98 Å². The van der Waals surface area contributed by atoms with Gasteiger partial charge in [-0.25, -0.2) is 0 Å². The SMILES string of the molecule is CCOC(=O)C(CCc1ccccn1)(CC(C)C)C(=O)O. The molecule has 1 N–H and O–H groups in total. The third-order valence-corrected chi connectivity index (χ3v) is 3.37. The van der Waals surface area contributed by atoms with Crippen LogP contribution in [0.5, 0.6) is 0 Å². The van der Waals surface area contributed by atoms with Crippen molar-refractivity contribution in [2.45, 2.75) is 40.0 Å². The van der Waals surface area contributed by atoms with Crippen molar-refractivity contribution in [3.8, 4) is 0 Å². The number of ether oxygens (including phenoxy) is 1. The first-order valence-corrected chi connectivity index (χ1v) is 7.23. The lowest BCUT2D eigenvalue weighted by molar-refractivity contribution is -0.170. The van der Waals surface area contributed by atoms with Gasteiger partial charge in [-0.2, -0.15) is 0 Å². The van der Waals surface area contributed by atoms with E-state index >= 15 is 0 Å². The third-order valence-electron chi connectivity index (χ3n) is 3.37. The number of aromatic nitrogens is 1. The zero-order chi connectivity index (χ0) is 15.9. The minimum absolute atomic E-state index is 0.0780. The van der Waals surface area contributed by atoms with E-state index < -0.39 is 17.4 Å². The van der Waals surface area contributed by atoms with Crippen molar-refractivity contribution < 1.29 is 19.4 Å². The number of rotatable bonds is 8. The Balaban J connectivity index is 2.98. The van der Waals surface area contributed by atoms with Gasteiger partial charge in [0, 0.05) is 11.9 Å². The molecule has 0 spiro atoms. The maximum atomic E-state index is 12.2. The molecule has 0 bridgehead atoms. The van der Waals surface area contributed by atoms with Gasteiger partial charge in [0.25, 0.3) is 0 Å². The second-order valence-electron chi connectivity index (χ2n) is 5.53. The normalized spacial score (nSPS) is 13.7. The second kappa shape index (κ2) is 7.76. The summed E-state index contributed by atoms with van der Waals surface area (Å²) in [7, 11) is 0. The molecule has 116 valence electrons. The number of hydrogen-bond donors (Lipinski definition) is 1. The van der Waals surface area contributed by atoms with Gasteiger partial charge in [0.2, 0.25) is 0 Å². The molecule has 0 aliphatic heterocycles. The maximum Gasteiger partial charge on any atom is 0.323 e. The predicted octanol–water partition coefficient (Wildman–Crippen LogP) is 2.69. The average Bonchev–Trinajstić information content (AvgIpc) is 2.44. The Labute approximate surface area is 125 Å². The summed E-state index contributed by atoms with van der Waals surface area (Å²) >= 11 is 0. The molecule has 1 aromatic rings. The molecule has 0 saturated carbocycles. The largest absolute Gasteiger partial charge is 0.480 e. The molecule has 0 saturated heterocycles. The molecule has 0 aliphatic carbocycles. The molecule has 0 aliphatic rings. The number of carboxylic acid groups (broad SMARTS) is 1. The summed E-state index contributed by atoms with van der Waals surface area (Å²) < 4.78 is 5.02. The number of carboxylic acids is 1. The van der Waals surface area contributed by atoms with Gasteiger partial charge in [-0.15, -0.1) is 0 Å². The van der Waals surface area contributed by atoms with Crippen LogP contribution in [0.4, 0.5) is 0 Å². The Kier molecular flexibility index (Phi) is 6.34. The topological polar surface area (TPSA) is 76.5 Å². The summed E-state index contributed by atoms with van der Waals surface area (Å²) in [5.41, 5.74) is -0.724. The Morgan fingerprint density at radius 3 is 2.57 bits per heavy atom. The minimum Gasteiger partial charge on any atom is -0.480 e. The fourth-order valence-corrected chi connectivity index (χ4v) is 2.42. The molecule has 1 unspecified atom stereocenters. The summed E-state index contributed by atoms with van der Waals surface area (Å²) in [6.45, 7) is 5.66. The maximum absolute atomic E-state index is 12.2. The van der Waals surface area contributed by atoms with E-state index in [0.717, 1.165) is 5.69 Å². The van der Waals surface area contributed by atoms with Crippen LogP contribution in [0.2, 0.25) is 0 Å². The zero-order valence-corrected chi connectivity index (χ0v) is 12.8. The molecule has 5 nitrogen and oxygen atoms in total. The first kappa shape index (κ1) is 17.1. The van der Waals surface area contributed by atoms with Gasteiger partial charge >= 0.3 is 11.9 Å². The molecule has 5 heteroatoms. The highest BCUT2D eigenvalue weighted by Crippen LogP contribution is 2.34. The van der Waals surface area contributed by atoms with Gasteiger partial charge in [0.1, 0.15) is 0 Å². The van der Waals surface area contributed by atoms with E-state index in [1.807, 2.05) is 26.0 Å². The molecule has 1 heterocycles. The molecule has 0 fully saturated rings. The highest BCUT2D eigenvalue weighted by molar-refractivity contribution is 5.99. The van der Waals surface area contributed by atoms with Gasteiger partial charge in [0.05, 0.1) is 6.61 Å². The van der Waals surface area contributed by atoms with Crippen LogP contribution in [0, 0.1) is 11.3 Å². The number of aliphatic carboxylic acids is 1. The molecule has 1 aromatic heterocycles. The van der Waals surface area contributed by atoms with Crippen LogP contribution in [-0.2, 0) is 20.7 Å². The fraction of sp³-hybridized carbons (Fsp3) is 0.562. The molecule has 21 heavy (non-hydrogen) atoms. The quantitative estimate of drug-likeness (QED) is 0.589. The highest BCUT2D eigenvalue weighted by atomic mass is 16.5. The third kappa shape index (κ3) is 4.55. The fourth-order valence-electron chi connectivity index (χ4n) is 2.42. The van der Waals surface area contributed by atoms with Gasteiger partial charge in [-0.05, 0) is 44.2 Å². The standard InChI is InChI=1S/C16H23NO4/c1-4-21-15(20)16(14(18)19,11-12(2)3)9-8-13-7-5-6-10-17-13/h5-7,10,12H,4,8-9,11H2,1-3H3,(H,18,19). The van der Waals surface area contributed by atoms with E-state index in [0.29, 0.717) is 6.42 Å². The first-order chi connectivity index (χ1) is 9.92. The summed E-state index contributed by atoms with van der Waals surface area (Å²) in [6.07, 6.45) is 2.54. The molecule has 1 atom stereocenters. The summed E-state index contributed by atoms with van der Waals surface area (Å²) in [5.74, 6) is -1.69. The predicted molar refractivity (Wildman–Crippen MR) is 78.7 cm³/mol. The average molecular weight is 293 g/mol. The number of hydrogen-bond acceptors (Lipinski definition) is 4. The molecule has 1 rings (SSSR count). The van der Waals surface area contributed by atoms with Crippen LogP contribution in [0.3, 0.4) is 0 Å². The molecular weight excluding hydrogens is 270 g/mol. The van der Waals surface area contributed by atoms with Crippen molar-refractivity contribution in [2.24, 2.45) is 11.3 Å². The summed E-state index contributed by atoms with van der Waals surface area (Å²) in [5, 5.41) is 9.63. The second-order valence-corrected chi connectivity index (χ2v) is 5.53. The Morgan fingerprint density at radius 1 is 1.38 bits per heavy atom. The molecule has 0 aromatic carbocycles. The molecular formula is C16H23NO4. The van der Waals surface area contributed by atoms with Crippen molar-refractivity contribution >= 4 is 11.9 Å². The number of carbonyl (C=O) groups excluding carboxylic acids is 1. The Morgan fingerprint density at radius 2 is 2.10 bits per heavy atom. The lowest BCUT2D eigenvalue weighted by Crippen LogP contribution is -2.42. The van der Waals surface area contributed by atoms with Crippen LogP contribution in [0.25, 0.3) is 0 Å². The van der Waals surface area contributed by atoms with Gasteiger partial charge in [-0.3, -0.25) is 14.6 Å². The van der Waals surface area contributed by atoms with Crippen LogP contribution < -0.4 is 0 Å². The lowest BCUT2D eigenvalue weighted by atomic mass is 9.76. The number of carbonyl (C=O) groups is 2. The van der Waals surface area contributed by atoms with Crippen molar-refractivity contribution in [3.63, 3.8) is 0 Å². The Hall–Kier alpha value is -1.91. The lowest BCUT2D eigenvalue weighted by Gasteiger charge is -2.28. The summed E-state index contributed by atoms with van der Waals surface area (Å²) in [6, 6.07) is 5.47. The monoisotopic (exact) mass is 293 g/mol.